The zero-order valence-electron chi connectivity index (χ0n) is 9.84. The number of pyridine rings is 1. The monoisotopic (exact) mass is 255 g/mol. The van der Waals surface area contributed by atoms with Crippen molar-refractivity contribution in [1.29, 1.82) is 5.41 Å². The number of nitrogen functional groups attached to an aromatic ring is 1. The first-order chi connectivity index (χ1) is 9.16. The van der Waals surface area contributed by atoms with Crippen LogP contribution in [0.5, 0.6) is 0 Å². The molecule has 2 aromatic heterocycles. The van der Waals surface area contributed by atoms with Gasteiger partial charge in [-0.15, -0.1) is 5.10 Å². The van der Waals surface area contributed by atoms with Gasteiger partial charge in [0.2, 0.25) is 0 Å². The molecular formula is C13H10FN5. The number of benzene rings is 1. The molecular weight excluding hydrogens is 245 g/mol. The summed E-state index contributed by atoms with van der Waals surface area (Å²) in [6.07, 6.45) is 1.68. The molecule has 0 saturated heterocycles. The van der Waals surface area contributed by atoms with Crippen LogP contribution in [-0.4, -0.2) is 20.4 Å². The van der Waals surface area contributed by atoms with Gasteiger partial charge in [-0.1, -0.05) is 12.1 Å². The highest BCUT2D eigenvalue weighted by Crippen LogP contribution is 2.20. The molecule has 0 aliphatic heterocycles. The summed E-state index contributed by atoms with van der Waals surface area (Å²) in [7, 11) is 0. The molecule has 3 N–H and O–H groups in total. The van der Waals surface area contributed by atoms with E-state index in [2.05, 4.69) is 10.1 Å². The lowest BCUT2D eigenvalue weighted by Crippen LogP contribution is -2.12. The van der Waals surface area contributed by atoms with Gasteiger partial charge in [0.25, 0.3) is 0 Å². The van der Waals surface area contributed by atoms with Gasteiger partial charge in [0.05, 0.1) is 11.1 Å². The Kier molecular flexibility index (Phi) is 2.49. The molecule has 0 unspecified atom stereocenters. The fraction of sp³-hybridized carbons (Fsp3) is 0. The lowest BCUT2D eigenvalue weighted by atomic mass is 10.2. The molecule has 0 atom stereocenters. The van der Waals surface area contributed by atoms with Crippen molar-refractivity contribution in [2.75, 3.05) is 0 Å². The smallest absolute Gasteiger partial charge is 0.185 e. The molecule has 0 saturated carbocycles. The maximum absolute atomic E-state index is 13.7. The van der Waals surface area contributed by atoms with Crippen molar-refractivity contribution in [3.05, 3.63) is 54.0 Å². The molecule has 2 heterocycles. The topological polar surface area (TPSA) is 80.1 Å². The van der Waals surface area contributed by atoms with Crippen molar-refractivity contribution in [3.8, 4) is 11.4 Å². The van der Waals surface area contributed by atoms with Crippen molar-refractivity contribution in [2.45, 2.75) is 0 Å². The predicted molar refractivity (Wildman–Crippen MR) is 69.4 cm³/mol. The first-order valence-corrected chi connectivity index (χ1v) is 5.61. The number of nitrogens with one attached hydrogen (secondary N) is 1. The van der Waals surface area contributed by atoms with Crippen LogP contribution in [0.3, 0.4) is 0 Å². The van der Waals surface area contributed by atoms with Crippen LogP contribution in [0, 0.1) is 11.2 Å². The van der Waals surface area contributed by atoms with E-state index in [-0.39, 0.29) is 17.5 Å². The van der Waals surface area contributed by atoms with Crippen LogP contribution in [0.25, 0.3) is 17.0 Å². The summed E-state index contributed by atoms with van der Waals surface area (Å²) >= 11 is 0. The number of fused-ring (bicyclic) bond motifs is 1. The number of halogens is 1. The Morgan fingerprint density at radius 3 is 2.74 bits per heavy atom. The largest absolute Gasteiger partial charge is 0.384 e. The van der Waals surface area contributed by atoms with Crippen LogP contribution in [0.15, 0.2) is 42.6 Å². The number of hydrogen-bond acceptors (Lipinski definition) is 3. The third kappa shape index (κ3) is 1.83. The lowest BCUT2D eigenvalue weighted by Gasteiger charge is -1.98. The predicted octanol–water partition coefficient (Wildman–Crippen LogP) is 1.82. The van der Waals surface area contributed by atoms with E-state index < -0.39 is 0 Å². The van der Waals surface area contributed by atoms with Crippen molar-refractivity contribution in [3.63, 3.8) is 0 Å². The van der Waals surface area contributed by atoms with E-state index in [1.54, 1.807) is 36.5 Å². The van der Waals surface area contributed by atoms with Crippen molar-refractivity contribution >= 4 is 11.5 Å². The molecule has 5 nitrogen and oxygen atoms in total. The molecule has 3 rings (SSSR count). The molecule has 0 spiro atoms. The quantitative estimate of drug-likeness (QED) is 0.541. The summed E-state index contributed by atoms with van der Waals surface area (Å²) in [6.45, 7) is 0. The molecule has 0 amide bonds. The first-order valence-electron chi connectivity index (χ1n) is 5.61. The van der Waals surface area contributed by atoms with E-state index in [0.29, 0.717) is 16.8 Å². The lowest BCUT2D eigenvalue weighted by molar-refractivity contribution is 0.630. The SMILES string of the molecule is N=C(N)c1cccn2nc(-c3ccccc3F)nc12. The van der Waals surface area contributed by atoms with Gasteiger partial charge in [-0.2, -0.15) is 0 Å². The minimum absolute atomic E-state index is 0.0990. The zero-order valence-corrected chi connectivity index (χ0v) is 9.84. The van der Waals surface area contributed by atoms with E-state index in [0.717, 1.165) is 0 Å². The second kappa shape index (κ2) is 4.16. The normalized spacial score (nSPS) is 10.8. The fourth-order valence-electron chi connectivity index (χ4n) is 1.87. The summed E-state index contributed by atoms with van der Waals surface area (Å²) in [5, 5.41) is 11.7. The van der Waals surface area contributed by atoms with Gasteiger partial charge in [0.1, 0.15) is 11.7 Å². The highest BCUT2D eigenvalue weighted by atomic mass is 19.1. The van der Waals surface area contributed by atoms with Gasteiger partial charge in [-0.25, -0.2) is 13.9 Å². The number of rotatable bonds is 2. The molecule has 1 aromatic carbocycles. The average molecular weight is 255 g/mol. The fourth-order valence-corrected chi connectivity index (χ4v) is 1.87. The molecule has 94 valence electrons. The Balaban J connectivity index is 2.26. The summed E-state index contributed by atoms with van der Waals surface area (Å²) in [6, 6.07) is 9.68. The second-order valence-corrected chi connectivity index (χ2v) is 4.02. The van der Waals surface area contributed by atoms with Gasteiger partial charge < -0.3 is 5.73 Å². The molecule has 0 aliphatic carbocycles. The Morgan fingerprint density at radius 2 is 2.00 bits per heavy atom. The molecule has 0 radical (unpaired) electrons. The third-order valence-electron chi connectivity index (χ3n) is 2.77. The maximum Gasteiger partial charge on any atom is 0.185 e. The Hall–Kier alpha value is -2.76. The van der Waals surface area contributed by atoms with Crippen LogP contribution < -0.4 is 5.73 Å². The van der Waals surface area contributed by atoms with Crippen molar-refractivity contribution < 1.29 is 4.39 Å². The van der Waals surface area contributed by atoms with Gasteiger partial charge >= 0.3 is 0 Å². The molecule has 0 aliphatic rings. The standard InChI is InChI=1S/C13H10FN5/c14-10-6-2-1-4-8(10)12-17-13-9(11(15)16)5-3-7-19(13)18-12/h1-7H,(H3,15,16). The van der Waals surface area contributed by atoms with E-state index in [9.17, 15) is 4.39 Å². The maximum atomic E-state index is 13.7. The zero-order chi connectivity index (χ0) is 13.4. The van der Waals surface area contributed by atoms with Crippen LogP contribution in [0.2, 0.25) is 0 Å². The van der Waals surface area contributed by atoms with Crippen LogP contribution >= 0.6 is 0 Å². The Bertz CT molecular complexity index is 778. The highest BCUT2D eigenvalue weighted by Gasteiger charge is 2.13. The molecule has 6 heteroatoms. The highest BCUT2D eigenvalue weighted by molar-refractivity contribution is 6.00. The van der Waals surface area contributed by atoms with Crippen molar-refractivity contribution in [2.24, 2.45) is 5.73 Å². The number of hydrogen-bond donors (Lipinski definition) is 2. The number of nitrogens with two attached hydrogens (primary N) is 1. The summed E-state index contributed by atoms with van der Waals surface area (Å²) in [4.78, 5) is 4.26. The molecule has 0 fully saturated rings. The number of aromatic nitrogens is 3. The molecule has 19 heavy (non-hydrogen) atoms. The number of nitrogens with zero attached hydrogens (tertiary/aromatic N) is 3. The van der Waals surface area contributed by atoms with Gasteiger partial charge in [-0.05, 0) is 24.3 Å². The van der Waals surface area contributed by atoms with E-state index in [1.807, 2.05) is 0 Å². The van der Waals surface area contributed by atoms with E-state index >= 15 is 0 Å². The first kappa shape index (κ1) is 11.3. The minimum atomic E-state index is -0.386. The number of amidine groups is 1. The minimum Gasteiger partial charge on any atom is -0.384 e. The van der Waals surface area contributed by atoms with Crippen LogP contribution in [-0.2, 0) is 0 Å². The summed E-state index contributed by atoms with van der Waals surface area (Å²) in [5.74, 6) is -0.215. The van der Waals surface area contributed by atoms with Gasteiger partial charge in [0.15, 0.2) is 11.5 Å². The van der Waals surface area contributed by atoms with Gasteiger partial charge in [0, 0.05) is 6.20 Å². The summed E-state index contributed by atoms with van der Waals surface area (Å²) in [5.41, 5.74) is 6.71. The molecule has 0 bridgehead atoms. The van der Waals surface area contributed by atoms with E-state index in [4.69, 9.17) is 11.1 Å². The Labute approximate surface area is 108 Å². The third-order valence-corrected chi connectivity index (χ3v) is 2.77. The van der Waals surface area contributed by atoms with Crippen LogP contribution in [0.1, 0.15) is 5.56 Å². The average Bonchev–Trinajstić information content (AvgIpc) is 2.82. The van der Waals surface area contributed by atoms with Crippen LogP contribution in [0.4, 0.5) is 4.39 Å². The van der Waals surface area contributed by atoms with Crippen molar-refractivity contribution in [1.82, 2.24) is 14.6 Å². The van der Waals surface area contributed by atoms with Gasteiger partial charge in [-0.3, -0.25) is 5.41 Å². The Morgan fingerprint density at radius 1 is 1.21 bits per heavy atom. The van der Waals surface area contributed by atoms with E-state index in [1.165, 1.54) is 10.6 Å². The second-order valence-electron chi connectivity index (χ2n) is 4.02. The summed E-state index contributed by atoms with van der Waals surface area (Å²) < 4.78 is 15.2. The molecule has 3 aromatic rings.